The molecule has 1 aromatic carbocycles. The number of hydrogen-bond acceptors (Lipinski definition) is 5. The summed E-state index contributed by atoms with van der Waals surface area (Å²) in [5.74, 6) is 0.986. The number of methoxy groups -OCH3 is 2. The van der Waals surface area contributed by atoms with Crippen LogP contribution in [-0.2, 0) is 19.6 Å². The van der Waals surface area contributed by atoms with Gasteiger partial charge in [-0.05, 0) is 42.5 Å². The van der Waals surface area contributed by atoms with E-state index in [0.717, 1.165) is 6.42 Å². The van der Waals surface area contributed by atoms with Crippen molar-refractivity contribution in [1.29, 1.82) is 0 Å². The maximum Gasteiger partial charge on any atom is 0.243 e. The van der Waals surface area contributed by atoms with Crippen LogP contribution in [0.25, 0.3) is 0 Å². The molecule has 0 aliphatic carbocycles. The van der Waals surface area contributed by atoms with Crippen molar-refractivity contribution in [2.75, 3.05) is 40.5 Å². The van der Waals surface area contributed by atoms with Crippen molar-refractivity contribution < 1.29 is 22.7 Å². The summed E-state index contributed by atoms with van der Waals surface area (Å²) < 4.78 is 37.5. The summed E-state index contributed by atoms with van der Waals surface area (Å²) in [5, 5.41) is 2.85. The van der Waals surface area contributed by atoms with Crippen molar-refractivity contribution in [2.24, 2.45) is 11.8 Å². The Morgan fingerprint density at radius 3 is 2.52 bits per heavy atom. The Bertz CT molecular complexity index is 705. The summed E-state index contributed by atoms with van der Waals surface area (Å²) >= 11 is 0. The van der Waals surface area contributed by atoms with E-state index < -0.39 is 10.0 Å². The van der Waals surface area contributed by atoms with Crippen molar-refractivity contribution in [3.05, 3.63) is 24.3 Å². The minimum absolute atomic E-state index is 0.00182. The molecule has 1 aromatic rings. The molecule has 0 spiro atoms. The summed E-state index contributed by atoms with van der Waals surface area (Å²) in [4.78, 5) is 12.4. The molecule has 1 fully saturated rings. The standard InChI is InChI=1S/C19H30N2O5S/c1-4-15-14-21(11-9-16(15)13-19(22)20-10-12-25-2)27(23,24)18-7-5-17(26-3)6-8-18/h5-8,15-16H,4,9-14H2,1-3H3,(H,20,22). The molecule has 2 atom stereocenters. The van der Waals surface area contributed by atoms with Crippen molar-refractivity contribution in [1.82, 2.24) is 9.62 Å². The molecule has 1 heterocycles. The summed E-state index contributed by atoms with van der Waals surface area (Å²) in [5.41, 5.74) is 0. The SMILES string of the molecule is CCC1CN(S(=O)(=O)c2ccc(OC)cc2)CCC1CC(=O)NCCOC. The van der Waals surface area contributed by atoms with Crippen molar-refractivity contribution in [3.8, 4) is 5.75 Å². The van der Waals surface area contributed by atoms with E-state index in [1.165, 1.54) is 0 Å². The molecule has 0 bridgehead atoms. The van der Waals surface area contributed by atoms with Gasteiger partial charge in [0.25, 0.3) is 0 Å². The molecule has 2 unspecified atom stereocenters. The van der Waals surface area contributed by atoms with Crippen LogP contribution in [0.3, 0.4) is 0 Å². The predicted molar refractivity (Wildman–Crippen MR) is 103 cm³/mol. The topological polar surface area (TPSA) is 84.9 Å². The Kier molecular flexibility index (Phi) is 8.07. The first-order valence-corrected chi connectivity index (χ1v) is 10.8. The first-order valence-electron chi connectivity index (χ1n) is 9.32. The van der Waals surface area contributed by atoms with Gasteiger partial charge in [-0.25, -0.2) is 8.42 Å². The summed E-state index contributed by atoms with van der Waals surface area (Å²) in [6.45, 7) is 3.91. The van der Waals surface area contributed by atoms with E-state index in [9.17, 15) is 13.2 Å². The van der Waals surface area contributed by atoms with Crippen LogP contribution >= 0.6 is 0 Å². The lowest BCUT2D eigenvalue weighted by molar-refractivity contribution is -0.123. The van der Waals surface area contributed by atoms with Gasteiger partial charge in [-0.3, -0.25) is 4.79 Å². The van der Waals surface area contributed by atoms with Crippen molar-refractivity contribution in [2.45, 2.75) is 31.1 Å². The molecular formula is C19H30N2O5S. The number of nitrogens with zero attached hydrogens (tertiary/aromatic N) is 1. The Hall–Kier alpha value is -1.64. The highest BCUT2D eigenvalue weighted by Gasteiger charge is 2.35. The van der Waals surface area contributed by atoms with E-state index in [1.807, 2.05) is 6.92 Å². The van der Waals surface area contributed by atoms with Gasteiger partial charge in [-0.1, -0.05) is 13.3 Å². The number of rotatable bonds is 9. The molecule has 152 valence electrons. The minimum atomic E-state index is -3.54. The highest BCUT2D eigenvalue weighted by Crippen LogP contribution is 2.32. The Morgan fingerprint density at radius 2 is 1.93 bits per heavy atom. The van der Waals surface area contributed by atoms with Gasteiger partial charge in [0.05, 0.1) is 18.6 Å². The number of piperidine rings is 1. The van der Waals surface area contributed by atoms with E-state index in [0.29, 0.717) is 44.8 Å². The lowest BCUT2D eigenvalue weighted by Crippen LogP contribution is -2.44. The number of ether oxygens (including phenoxy) is 2. The highest BCUT2D eigenvalue weighted by molar-refractivity contribution is 7.89. The lowest BCUT2D eigenvalue weighted by atomic mass is 9.82. The van der Waals surface area contributed by atoms with E-state index in [1.54, 1.807) is 42.8 Å². The molecule has 1 saturated heterocycles. The van der Waals surface area contributed by atoms with Gasteiger partial charge in [0.2, 0.25) is 15.9 Å². The second-order valence-electron chi connectivity index (χ2n) is 6.80. The maximum absolute atomic E-state index is 12.9. The molecule has 7 nitrogen and oxygen atoms in total. The number of carbonyl (C=O) groups is 1. The molecule has 8 heteroatoms. The highest BCUT2D eigenvalue weighted by atomic mass is 32.2. The van der Waals surface area contributed by atoms with Crippen LogP contribution in [0.15, 0.2) is 29.2 Å². The zero-order chi connectivity index (χ0) is 19.9. The van der Waals surface area contributed by atoms with Gasteiger partial charge in [-0.15, -0.1) is 0 Å². The first-order chi connectivity index (χ1) is 12.9. The smallest absolute Gasteiger partial charge is 0.243 e. The molecule has 1 amide bonds. The van der Waals surface area contributed by atoms with Gasteiger partial charge in [0, 0.05) is 33.2 Å². The number of sulfonamides is 1. The molecule has 27 heavy (non-hydrogen) atoms. The lowest BCUT2D eigenvalue weighted by Gasteiger charge is -2.37. The van der Waals surface area contributed by atoms with Crippen LogP contribution in [0.1, 0.15) is 26.2 Å². The molecule has 1 aliphatic heterocycles. The number of carbonyl (C=O) groups excluding carboxylic acids is 1. The third kappa shape index (κ3) is 5.67. The third-order valence-electron chi connectivity index (χ3n) is 5.15. The average molecular weight is 399 g/mol. The number of amides is 1. The molecule has 0 radical (unpaired) electrons. The first kappa shape index (κ1) is 21.7. The Morgan fingerprint density at radius 1 is 1.22 bits per heavy atom. The molecule has 0 saturated carbocycles. The zero-order valence-electron chi connectivity index (χ0n) is 16.3. The fourth-order valence-electron chi connectivity index (χ4n) is 3.50. The van der Waals surface area contributed by atoms with E-state index in [2.05, 4.69) is 5.32 Å². The van der Waals surface area contributed by atoms with Crippen LogP contribution < -0.4 is 10.1 Å². The van der Waals surface area contributed by atoms with Gasteiger partial charge < -0.3 is 14.8 Å². The number of nitrogens with one attached hydrogen (secondary N) is 1. The largest absolute Gasteiger partial charge is 0.497 e. The van der Waals surface area contributed by atoms with E-state index in [-0.39, 0.29) is 22.6 Å². The van der Waals surface area contributed by atoms with E-state index >= 15 is 0 Å². The third-order valence-corrected chi connectivity index (χ3v) is 7.03. The van der Waals surface area contributed by atoms with Gasteiger partial charge in [0.15, 0.2) is 0 Å². The van der Waals surface area contributed by atoms with Crippen molar-refractivity contribution in [3.63, 3.8) is 0 Å². The van der Waals surface area contributed by atoms with Crippen molar-refractivity contribution >= 4 is 15.9 Å². The summed E-state index contributed by atoms with van der Waals surface area (Å²) in [7, 11) is -0.396. The van der Waals surface area contributed by atoms with Gasteiger partial charge in [0.1, 0.15) is 5.75 Å². The summed E-state index contributed by atoms with van der Waals surface area (Å²) in [6.07, 6.45) is 1.95. The molecule has 0 aromatic heterocycles. The monoisotopic (exact) mass is 398 g/mol. The Labute approximate surface area is 162 Å². The van der Waals surface area contributed by atoms with Crippen LogP contribution in [0.2, 0.25) is 0 Å². The average Bonchev–Trinajstić information content (AvgIpc) is 2.68. The molecule has 2 rings (SSSR count). The quantitative estimate of drug-likeness (QED) is 0.642. The minimum Gasteiger partial charge on any atom is -0.497 e. The van der Waals surface area contributed by atoms with Crippen LogP contribution in [-0.4, -0.2) is 59.1 Å². The molecular weight excluding hydrogens is 368 g/mol. The number of hydrogen-bond donors (Lipinski definition) is 1. The second kappa shape index (κ2) is 10.1. The van der Waals surface area contributed by atoms with Crippen LogP contribution in [0.4, 0.5) is 0 Å². The molecule has 1 N–H and O–H groups in total. The fourth-order valence-corrected chi connectivity index (χ4v) is 5.01. The van der Waals surface area contributed by atoms with Gasteiger partial charge in [-0.2, -0.15) is 4.31 Å². The zero-order valence-corrected chi connectivity index (χ0v) is 17.1. The number of benzene rings is 1. The molecule has 1 aliphatic rings. The Balaban J connectivity index is 2.00. The normalized spacial score (nSPS) is 21.0. The van der Waals surface area contributed by atoms with Crippen LogP contribution in [0, 0.1) is 11.8 Å². The van der Waals surface area contributed by atoms with E-state index in [4.69, 9.17) is 9.47 Å². The second-order valence-corrected chi connectivity index (χ2v) is 8.74. The maximum atomic E-state index is 12.9. The predicted octanol–water partition coefficient (Wildman–Crippen LogP) is 1.88. The summed E-state index contributed by atoms with van der Waals surface area (Å²) in [6, 6.07) is 6.46. The fraction of sp³-hybridized carbons (Fsp3) is 0.632. The van der Waals surface area contributed by atoms with Crippen LogP contribution in [0.5, 0.6) is 5.75 Å². The van der Waals surface area contributed by atoms with Gasteiger partial charge >= 0.3 is 0 Å².